The lowest BCUT2D eigenvalue weighted by atomic mass is 10.1. The Labute approximate surface area is 155 Å². The van der Waals surface area contributed by atoms with Crippen LogP contribution >= 0.6 is 0 Å². The van der Waals surface area contributed by atoms with Crippen LogP contribution in [0.3, 0.4) is 0 Å². The Morgan fingerprint density at radius 1 is 1.07 bits per heavy atom. The van der Waals surface area contributed by atoms with Gasteiger partial charge in [0.25, 0.3) is 5.91 Å². The molecular weight excluding hydrogens is 342 g/mol. The van der Waals surface area contributed by atoms with Gasteiger partial charge < -0.3 is 9.73 Å². The molecular formula is C20H17N5O2. The van der Waals surface area contributed by atoms with E-state index in [1.807, 2.05) is 43.3 Å². The van der Waals surface area contributed by atoms with Crippen molar-refractivity contribution in [2.24, 2.45) is 0 Å². The quantitative estimate of drug-likeness (QED) is 0.590. The monoisotopic (exact) mass is 359 g/mol. The number of amides is 1. The average molecular weight is 359 g/mol. The molecule has 2 aromatic heterocycles. The van der Waals surface area contributed by atoms with E-state index in [9.17, 15) is 4.79 Å². The van der Waals surface area contributed by atoms with Gasteiger partial charge in [-0.1, -0.05) is 24.3 Å². The van der Waals surface area contributed by atoms with E-state index < -0.39 is 0 Å². The lowest BCUT2D eigenvalue weighted by molar-refractivity contribution is 0.0940. The molecule has 7 heteroatoms. The molecule has 4 rings (SSSR count). The lowest BCUT2D eigenvalue weighted by Gasteiger charge is -2.15. The minimum atomic E-state index is -0.132. The molecule has 0 fully saturated rings. The van der Waals surface area contributed by atoms with Crippen molar-refractivity contribution in [1.82, 2.24) is 25.1 Å². The molecule has 0 saturated heterocycles. The summed E-state index contributed by atoms with van der Waals surface area (Å²) in [6.45, 7) is 1.95. The van der Waals surface area contributed by atoms with Crippen LogP contribution in [0.25, 0.3) is 17.0 Å². The van der Waals surface area contributed by atoms with E-state index in [0.29, 0.717) is 11.3 Å². The van der Waals surface area contributed by atoms with Crippen LogP contribution in [-0.2, 0) is 0 Å². The highest BCUT2D eigenvalue weighted by atomic mass is 16.3. The summed E-state index contributed by atoms with van der Waals surface area (Å²) in [7, 11) is 0. The molecule has 0 aliphatic heterocycles. The van der Waals surface area contributed by atoms with Crippen molar-refractivity contribution >= 4 is 5.91 Å². The van der Waals surface area contributed by atoms with Gasteiger partial charge in [-0.05, 0) is 36.8 Å². The Hall–Kier alpha value is -3.74. The molecule has 2 aromatic carbocycles. The van der Waals surface area contributed by atoms with Crippen molar-refractivity contribution in [1.29, 1.82) is 0 Å². The zero-order valence-electron chi connectivity index (χ0n) is 14.6. The normalized spacial score (nSPS) is 11.9. The predicted octanol–water partition coefficient (Wildman–Crippen LogP) is 3.41. The maximum Gasteiger partial charge on any atom is 0.251 e. The molecule has 1 N–H and O–H groups in total. The van der Waals surface area contributed by atoms with Crippen molar-refractivity contribution in [3.8, 4) is 17.0 Å². The number of hydrogen-bond acceptors (Lipinski definition) is 5. The fourth-order valence-corrected chi connectivity index (χ4v) is 2.76. The zero-order valence-corrected chi connectivity index (χ0v) is 14.6. The molecule has 0 spiro atoms. The molecule has 0 saturated carbocycles. The van der Waals surface area contributed by atoms with Gasteiger partial charge >= 0.3 is 0 Å². The van der Waals surface area contributed by atoms with Crippen LogP contribution in [0.4, 0.5) is 0 Å². The molecule has 134 valence electrons. The number of rotatable bonds is 5. The maximum atomic E-state index is 12.5. The van der Waals surface area contributed by atoms with E-state index in [2.05, 4.69) is 20.4 Å². The Morgan fingerprint density at radius 2 is 1.85 bits per heavy atom. The number of nitrogens with zero attached hydrogens (tertiary/aromatic N) is 4. The van der Waals surface area contributed by atoms with E-state index in [0.717, 1.165) is 16.8 Å². The summed E-state index contributed by atoms with van der Waals surface area (Å²) < 4.78 is 6.94. The summed E-state index contributed by atoms with van der Waals surface area (Å²) in [5.74, 6) is 0.537. The summed E-state index contributed by atoms with van der Waals surface area (Å²) >= 11 is 0. The standard InChI is InChI=1S/C20H17N5O2/c1-14(15-6-8-18(9-7-15)25-12-22-11-23-25)24-20(26)17-4-2-16(3-5-17)19-10-21-13-27-19/h2-14H,1H3,(H,24,26). The summed E-state index contributed by atoms with van der Waals surface area (Å²) in [6, 6.07) is 14.9. The molecule has 0 radical (unpaired) electrons. The molecule has 27 heavy (non-hydrogen) atoms. The molecule has 0 aliphatic carbocycles. The van der Waals surface area contributed by atoms with Crippen LogP contribution in [0.15, 0.2) is 78.2 Å². The molecule has 0 bridgehead atoms. The smallest absolute Gasteiger partial charge is 0.251 e. The lowest BCUT2D eigenvalue weighted by Crippen LogP contribution is -2.26. The second kappa shape index (κ2) is 7.25. The van der Waals surface area contributed by atoms with Gasteiger partial charge in [0.2, 0.25) is 0 Å². The first-order chi connectivity index (χ1) is 13.2. The first kappa shape index (κ1) is 16.7. The van der Waals surface area contributed by atoms with Gasteiger partial charge in [0.15, 0.2) is 12.2 Å². The SMILES string of the molecule is CC(NC(=O)c1ccc(-c2cnco2)cc1)c1ccc(-n2cncn2)cc1. The molecule has 1 atom stereocenters. The predicted molar refractivity (Wildman–Crippen MR) is 99.2 cm³/mol. The molecule has 2 heterocycles. The number of benzene rings is 2. The molecule has 1 unspecified atom stereocenters. The van der Waals surface area contributed by atoms with E-state index >= 15 is 0 Å². The van der Waals surface area contributed by atoms with Crippen molar-refractivity contribution in [3.05, 3.63) is 84.9 Å². The summed E-state index contributed by atoms with van der Waals surface area (Å²) in [5, 5.41) is 7.11. The Morgan fingerprint density at radius 3 is 2.48 bits per heavy atom. The van der Waals surface area contributed by atoms with Gasteiger partial charge in [-0.2, -0.15) is 5.10 Å². The molecule has 4 aromatic rings. The fraction of sp³-hybridized carbons (Fsp3) is 0.100. The maximum absolute atomic E-state index is 12.5. The van der Waals surface area contributed by atoms with Crippen molar-refractivity contribution in [2.75, 3.05) is 0 Å². The van der Waals surface area contributed by atoms with Crippen LogP contribution in [0.2, 0.25) is 0 Å². The number of hydrogen-bond donors (Lipinski definition) is 1. The zero-order chi connectivity index (χ0) is 18.6. The minimum absolute atomic E-state index is 0.128. The number of oxazole rings is 1. The fourth-order valence-electron chi connectivity index (χ4n) is 2.76. The van der Waals surface area contributed by atoms with E-state index in [4.69, 9.17) is 4.42 Å². The highest BCUT2D eigenvalue weighted by Gasteiger charge is 2.12. The molecule has 0 aliphatic rings. The topological polar surface area (TPSA) is 85.8 Å². The summed E-state index contributed by atoms with van der Waals surface area (Å²) in [5.41, 5.74) is 3.38. The van der Waals surface area contributed by atoms with Crippen LogP contribution in [0, 0.1) is 0 Å². The third-order valence-corrected chi connectivity index (χ3v) is 4.29. The first-order valence-corrected chi connectivity index (χ1v) is 8.45. The van der Waals surface area contributed by atoms with Crippen molar-refractivity contribution in [2.45, 2.75) is 13.0 Å². The molecule has 1 amide bonds. The average Bonchev–Trinajstić information content (AvgIpc) is 3.42. The van der Waals surface area contributed by atoms with Crippen molar-refractivity contribution in [3.63, 3.8) is 0 Å². The Balaban J connectivity index is 1.43. The Kier molecular flexibility index (Phi) is 4.49. The van der Waals surface area contributed by atoms with Gasteiger partial charge in [0.05, 0.1) is 17.9 Å². The third-order valence-electron chi connectivity index (χ3n) is 4.29. The van der Waals surface area contributed by atoms with Gasteiger partial charge in [-0.15, -0.1) is 0 Å². The number of carbonyl (C=O) groups excluding carboxylic acids is 1. The van der Waals surface area contributed by atoms with Crippen molar-refractivity contribution < 1.29 is 9.21 Å². The van der Waals surface area contributed by atoms with E-state index in [1.165, 1.54) is 12.7 Å². The Bertz CT molecular complexity index is 1010. The van der Waals surface area contributed by atoms with Gasteiger partial charge in [-0.25, -0.2) is 14.6 Å². The number of nitrogens with one attached hydrogen (secondary N) is 1. The largest absolute Gasteiger partial charge is 0.444 e. The van der Waals surface area contributed by atoms with Crippen LogP contribution < -0.4 is 5.32 Å². The van der Waals surface area contributed by atoms with E-state index in [-0.39, 0.29) is 11.9 Å². The second-order valence-electron chi connectivity index (χ2n) is 6.07. The van der Waals surface area contributed by atoms with Gasteiger partial charge in [-0.3, -0.25) is 4.79 Å². The number of carbonyl (C=O) groups is 1. The highest BCUT2D eigenvalue weighted by molar-refractivity contribution is 5.94. The van der Waals surface area contributed by atoms with Gasteiger partial charge in [0.1, 0.15) is 12.7 Å². The second-order valence-corrected chi connectivity index (χ2v) is 6.07. The number of aromatic nitrogens is 4. The van der Waals surface area contributed by atoms with Crippen LogP contribution in [0.5, 0.6) is 0 Å². The minimum Gasteiger partial charge on any atom is -0.444 e. The highest BCUT2D eigenvalue weighted by Crippen LogP contribution is 2.20. The van der Waals surface area contributed by atoms with Crippen LogP contribution in [-0.4, -0.2) is 25.7 Å². The first-order valence-electron chi connectivity index (χ1n) is 8.45. The summed E-state index contributed by atoms with van der Waals surface area (Å²) in [4.78, 5) is 20.3. The summed E-state index contributed by atoms with van der Waals surface area (Å²) in [6.07, 6.45) is 6.15. The van der Waals surface area contributed by atoms with Crippen LogP contribution in [0.1, 0.15) is 28.9 Å². The molecule has 7 nitrogen and oxygen atoms in total. The van der Waals surface area contributed by atoms with E-state index in [1.54, 1.807) is 29.3 Å². The van der Waals surface area contributed by atoms with Gasteiger partial charge in [0, 0.05) is 11.1 Å². The third kappa shape index (κ3) is 3.62.